The van der Waals surface area contributed by atoms with Gasteiger partial charge in [-0.05, 0) is 18.2 Å². The molecule has 0 saturated carbocycles. The van der Waals surface area contributed by atoms with E-state index in [0.717, 1.165) is 0 Å². The van der Waals surface area contributed by atoms with Gasteiger partial charge in [-0.25, -0.2) is 9.78 Å². The van der Waals surface area contributed by atoms with Crippen molar-refractivity contribution in [3.05, 3.63) is 47.0 Å². The fourth-order valence-corrected chi connectivity index (χ4v) is 1.72. The van der Waals surface area contributed by atoms with Gasteiger partial charge in [0.2, 0.25) is 0 Å². The molecule has 82 valence electrons. The van der Waals surface area contributed by atoms with Crippen LogP contribution in [-0.4, -0.2) is 15.6 Å². The first-order chi connectivity index (χ1) is 7.65. The van der Waals surface area contributed by atoms with Crippen LogP contribution in [0, 0.1) is 0 Å². The maximum atomic E-state index is 11.6. The van der Waals surface area contributed by atoms with Crippen LogP contribution in [0.15, 0.2) is 36.9 Å². The molecule has 1 aromatic carbocycles. The maximum absolute atomic E-state index is 11.6. The third-order valence-corrected chi connectivity index (χ3v) is 2.29. The Bertz CT molecular complexity index is 491. The number of nitrogens with one attached hydrogen (secondary N) is 1. The molecule has 0 atom stereocenters. The summed E-state index contributed by atoms with van der Waals surface area (Å²) in [5.74, 6) is 0. The predicted octanol–water partition coefficient (Wildman–Crippen LogP) is 3.27. The molecule has 16 heavy (non-hydrogen) atoms. The van der Waals surface area contributed by atoms with Gasteiger partial charge in [0.25, 0.3) is 0 Å². The van der Waals surface area contributed by atoms with Crippen LogP contribution in [0.1, 0.15) is 0 Å². The van der Waals surface area contributed by atoms with Crippen molar-refractivity contribution in [2.24, 2.45) is 0 Å². The van der Waals surface area contributed by atoms with Crippen LogP contribution >= 0.6 is 23.2 Å². The SMILES string of the molecule is O=C(Nc1cc(Cl)cc(Cl)c1)n1ccnc1. The number of carbonyl (C=O) groups excluding carboxylic acids is 1. The highest BCUT2D eigenvalue weighted by Crippen LogP contribution is 2.22. The molecular formula is C10H7Cl2N3O. The summed E-state index contributed by atoms with van der Waals surface area (Å²) in [6.45, 7) is 0. The Hall–Kier alpha value is -1.52. The molecule has 0 saturated heterocycles. The van der Waals surface area contributed by atoms with Crippen LogP contribution in [0.3, 0.4) is 0 Å². The van der Waals surface area contributed by atoms with Gasteiger partial charge in [0.1, 0.15) is 6.33 Å². The molecule has 4 nitrogen and oxygen atoms in total. The molecule has 0 radical (unpaired) electrons. The summed E-state index contributed by atoms with van der Waals surface area (Å²) >= 11 is 11.6. The average molecular weight is 256 g/mol. The van der Waals surface area contributed by atoms with E-state index in [4.69, 9.17) is 23.2 Å². The zero-order chi connectivity index (χ0) is 11.5. The van der Waals surface area contributed by atoms with Crippen molar-refractivity contribution in [2.75, 3.05) is 5.32 Å². The summed E-state index contributed by atoms with van der Waals surface area (Å²) in [4.78, 5) is 15.4. The summed E-state index contributed by atoms with van der Waals surface area (Å²) < 4.78 is 1.31. The van der Waals surface area contributed by atoms with E-state index in [1.54, 1.807) is 24.4 Å². The largest absolute Gasteiger partial charge is 0.331 e. The van der Waals surface area contributed by atoms with E-state index in [0.29, 0.717) is 15.7 Å². The van der Waals surface area contributed by atoms with Gasteiger partial charge < -0.3 is 5.32 Å². The molecule has 0 unspecified atom stereocenters. The topological polar surface area (TPSA) is 46.9 Å². The van der Waals surface area contributed by atoms with Crippen LogP contribution in [0.2, 0.25) is 10.0 Å². The van der Waals surface area contributed by atoms with E-state index in [2.05, 4.69) is 10.3 Å². The van der Waals surface area contributed by atoms with E-state index in [1.807, 2.05) is 0 Å². The van der Waals surface area contributed by atoms with Crippen LogP contribution < -0.4 is 5.32 Å². The number of halogens is 2. The summed E-state index contributed by atoms with van der Waals surface area (Å²) in [6.07, 6.45) is 4.47. The lowest BCUT2D eigenvalue weighted by atomic mass is 10.3. The molecule has 0 aliphatic heterocycles. The van der Waals surface area contributed by atoms with Crippen molar-refractivity contribution in [1.82, 2.24) is 9.55 Å². The lowest BCUT2D eigenvalue weighted by molar-refractivity contribution is 0.253. The van der Waals surface area contributed by atoms with E-state index in [9.17, 15) is 4.79 Å². The quantitative estimate of drug-likeness (QED) is 0.851. The van der Waals surface area contributed by atoms with Gasteiger partial charge in [-0.1, -0.05) is 23.2 Å². The highest BCUT2D eigenvalue weighted by Gasteiger charge is 2.05. The van der Waals surface area contributed by atoms with Gasteiger partial charge >= 0.3 is 6.03 Å². The molecule has 2 aromatic rings. The molecule has 2 rings (SSSR count). The Kier molecular flexibility index (Phi) is 3.12. The zero-order valence-electron chi connectivity index (χ0n) is 8.02. The van der Waals surface area contributed by atoms with Crippen molar-refractivity contribution in [2.45, 2.75) is 0 Å². The Morgan fingerprint density at radius 3 is 2.50 bits per heavy atom. The first kappa shape index (κ1) is 11.0. The van der Waals surface area contributed by atoms with Crippen LogP contribution in [0.25, 0.3) is 0 Å². The number of carbonyl (C=O) groups is 1. The molecular weight excluding hydrogens is 249 g/mol. The number of amides is 1. The van der Waals surface area contributed by atoms with Gasteiger partial charge in [0, 0.05) is 28.1 Å². The number of rotatable bonds is 1. The monoisotopic (exact) mass is 255 g/mol. The maximum Gasteiger partial charge on any atom is 0.331 e. The van der Waals surface area contributed by atoms with Crippen molar-refractivity contribution < 1.29 is 4.79 Å². The number of aromatic nitrogens is 2. The van der Waals surface area contributed by atoms with Gasteiger partial charge in [0.05, 0.1) is 0 Å². The van der Waals surface area contributed by atoms with Crippen molar-refractivity contribution >= 4 is 34.9 Å². The number of anilines is 1. The fraction of sp³-hybridized carbons (Fsp3) is 0. The second-order valence-electron chi connectivity index (χ2n) is 3.06. The second-order valence-corrected chi connectivity index (χ2v) is 3.93. The van der Waals surface area contributed by atoms with E-state index in [-0.39, 0.29) is 6.03 Å². The van der Waals surface area contributed by atoms with Crippen molar-refractivity contribution in [3.8, 4) is 0 Å². The minimum absolute atomic E-state index is 0.323. The lowest BCUT2D eigenvalue weighted by Gasteiger charge is -2.06. The van der Waals surface area contributed by atoms with E-state index < -0.39 is 0 Å². The van der Waals surface area contributed by atoms with Crippen molar-refractivity contribution in [3.63, 3.8) is 0 Å². The highest BCUT2D eigenvalue weighted by atomic mass is 35.5. The van der Waals surface area contributed by atoms with Crippen molar-refractivity contribution in [1.29, 1.82) is 0 Å². The Morgan fingerprint density at radius 1 is 1.25 bits per heavy atom. The minimum atomic E-state index is -0.323. The molecule has 6 heteroatoms. The lowest BCUT2D eigenvalue weighted by Crippen LogP contribution is -2.17. The molecule has 1 aromatic heterocycles. The normalized spacial score (nSPS) is 10.1. The molecule has 1 N–H and O–H groups in total. The molecule has 0 aliphatic carbocycles. The predicted molar refractivity (Wildman–Crippen MR) is 63.1 cm³/mol. The first-order valence-corrected chi connectivity index (χ1v) is 5.16. The third kappa shape index (κ3) is 2.53. The molecule has 0 bridgehead atoms. The average Bonchev–Trinajstić information content (AvgIpc) is 2.68. The fourth-order valence-electron chi connectivity index (χ4n) is 1.19. The summed E-state index contributed by atoms with van der Waals surface area (Å²) in [6, 6.07) is 4.50. The van der Waals surface area contributed by atoms with Gasteiger partial charge in [-0.15, -0.1) is 0 Å². The Labute approximate surface area is 102 Å². The molecule has 1 heterocycles. The van der Waals surface area contributed by atoms with Crippen LogP contribution in [0.4, 0.5) is 10.5 Å². The molecule has 0 fully saturated rings. The van der Waals surface area contributed by atoms with E-state index >= 15 is 0 Å². The summed E-state index contributed by atoms with van der Waals surface area (Å²) in [5, 5.41) is 3.57. The number of hydrogen-bond donors (Lipinski definition) is 1. The van der Waals surface area contributed by atoms with Gasteiger partial charge in [-0.3, -0.25) is 4.57 Å². The van der Waals surface area contributed by atoms with Gasteiger partial charge in [-0.2, -0.15) is 0 Å². The number of imidazole rings is 1. The van der Waals surface area contributed by atoms with E-state index in [1.165, 1.54) is 17.1 Å². The number of nitrogens with zero attached hydrogens (tertiary/aromatic N) is 2. The Morgan fingerprint density at radius 2 is 1.94 bits per heavy atom. The third-order valence-electron chi connectivity index (χ3n) is 1.85. The van der Waals surface area contributed by atoms with Crippen LogP contribution in [-0.2, 0) is 0 Å². The molecule has 0 aliphatic rings. The summed E-state index contributed by atoms with van der Waals surface area (Å²) in [7, 11) is 0. The highest BCUT2D eigenvalue weighted by molar-refractivity contribution is 6.35. The minimum Gasteiger partial charge on any atom is -0.307 e. The molecule has 1 amide bonds. The Balaban J connectivity index is 2.18. The first-order valence-electron chi connectivity index (χ1n) is 4.40. The van der Waals surface area contributed by atoms with Gasteiger partial charge in [0.15, 0.2) is 0 Å². The smallest absolute Gasteiger partial charge is 0.307 e. The standard InChI is InChI=1S/C10H7Cl2N3O/c11-7-3-8(12)5-9(4-7)14-10(16)15-2-1-13-6-15/h1-6H,(H,14,16). The summed E-state index contributed by atoms with van der Waals surface area (Å²) in [5.41, 5.74) is 0.538. The van der Waals surface area contributed by atoms with Crippen LogP contribution in [0.5, 0.6) is 0 Å². The molecule has 0 spiro atoms. The number of hydrogen-bond acceptors (Lipinski definition) is 2. The zero-order valence-corrected chi connectivity index (χ0v) is 9.53. The second kappa shape index (κ2) is 4.55. The number of benzene rings is 1.